The summed E-state index contributed by atoms with van der Waals surface area (Å²) in [6, 6.07) is 0.0816. The fourth-order valence-electron chi connectivity index (χ4n) is 2.64. The van der Waals surface area contributed by atoms with Crippen molar-refractivity contribution in [2.24, 2.45) is 11.7 Å². The summed E-state index contributed by atoms with van der Waals surface area (Å²) in [5.74, 6) is 2.07. The predicted molar refractivity (Wildman–Crippen MR) is 72.6 cm³/mol. The highest BCUT2D eigenvalue weighted by Gasteiger charge is 2.40. The van der Waals surface area contributed by atoms with E-state index in [-0.39, 0.29) is 11.6 Å². The molecule has 1 atom stereocenters. The van der Waals surface area contributed by atoms with Gasteiger partial charge in [-0.15, -0.1) is 0 Å². The van der Waals surface area contributed by atoms with Crippen molar-refractivity contribution < 1.29 is 9.26 Å². The van der Waals surface area contributed by atoms with Gasteiger partial charge < -0.3 is 15.0 Å². The first kappa shape index (κ1) is 14.5. The highest BCUT2D eigenvalue weighted by atomic mass is 16.5. The summed E-state index contributed by atoms with van der Waals surface area (Å²) in [6.07, 6.45) is 5.76. The molecule has 19 heavy (non-hydrogen) atoms. The maximum atomic E-state index is 5.92. The van der Waals surface area contributed by atoms with Gasteiger partial charge in [0.05, 0.1) is 0 Å². The lowest BCUT2D eigenvalue weighted by Gasteiger charge is -2.35. The number of methoxy groups -OCH3 is 1. The van der Waals surface area contributed by atoms with E-state index in [4.69, 9.17) is 15.0 Å². The second-order valence-corrected chi connectivity index (χ2v) is 5.77. The molecule has 1 aliphatic carbocycles. The predicted octanol–water partition coefficient (Wildman–Crippen LogP) is 2.40. The summed E-state index contributed by atoms with van der Waals surface area (Å²) in [5.41, 5.74) is 5.56. The van der Waals surface area contributed by atoms with Crippen molar-refractivity contribution in [1.29, 1.82) is 0 Å². The molecule has 0 aromatic carbocycles. The summed E-state index contributed by atoms with van der Waals surface area (Å²) >= 11 is 0. The number of rotatable bonds is 5. The van der Waals surface area contributed by atoms with Crippen molar-refractivity contribution in [3.8, 4) is 0 Å². The van der Waals surface area contributed by atoms with Gasteiger partial charge in [0.1, 0.15) is 5.60 Å². The van der Waals surface area contributed by atoms with E-state index in [0.717, 1.165) is 38.0 Å². The van der Waals surface area contributed by atoms with Crippen LogP contribution in [0.15, 0.2) is 4.52 Å². The molecule has 1 unspecified atom stereocenters. The minimum absolute atomic E-state index is 0.0816. The molecule has 1 aromatic rings. The molecule has 1 aromatic heterocycles. The van der Waals surface area contributed by atoms with Crippen LogP contribution < -0.4 is 5.73 Å². The monoisotopic (exact) mass is 267 g/mol. The lowest BCUT2D eigenvalue weighted by Crippen LogP contribution is -2.34. The van der Waals surface area contributed by atoms with Crippen molar-refractivity contribution in [2.75, 3.05) is 7.11 Å². The molecule has 2 N–H and O–H groups in total. The van der Waals surface area contributed by atoms with E-state index < -0.39 is 0 Å². The Labute approximate surface area is 114 Å². The van der Waals surface area contributed by atoms with Gasteiger partial charge in [-0.2, -0.15) is 4.98 Å². The second-order valence-electron chi connectivity index (χ2n) is 5.77. The first-order chi connectivity index (χ1) is 9.09. The summed E-state index contributed by atoms with van der Waals surface area (Å²) in [6.45, 7) is 4.34. The molecular formula is C14H25N3O2. The molecule has 108 valence electrons. The van der Waals surface area contributed by atoms with Crippen LogP contribution in [-0.4, -0.2) is 23.3 Å². The highest BCUT2D eigenvalue weighted by molar-refractivity contribution is 5.04. The van der Waals surface area contributed by atoms with Gasteiger partial charge in [0.15, 0.2) is 0 Å². The van der Waals surface area contributed by atoms with Crippen molar-refractivity contribution in [3.63, 3.8) is 0 Å². The van der Waals surface area contributed by atoms with Crippen LogP contribution in [0.2, 0.25) is 0 Å². The number of nitrogens with zero attached hydrogens (tertiary/aromatic N) is 2. The highest BCUT2D eigenvalue weighted by Crippen LogP contribution is 2.40. The molecule has 2 rings (SSSR count). The van der Waals surface area contributed by atoms with Crippen LogP contribution in [0, 0.1) is 5.92 Å². The SMILES string of the molecule is CCC(N)Cc1nc(C2(OC)CCC(C)CC2)no1. The second kappa shape index (κ2) is 6.01. The summed E-state index contributed by atoms with van der Waals surface area (Å²) in [7, 11) is 1.74. The summed E-state index contributed by atoms with van der Waals surface area (Å²) in [4.78, 5) is 4.51. The molecule has 0 saturated heterocycles. The van der Waals surface area contributed by atoms with Gasteiger partial charge in [-0.05, 0) is 38.0 Å². The number of hydrogen-bond donors (Lipinski definition) is 1. The first-order valence-electron chi connectivity index (χ1n) is 7.23. The Kier molecular flexibility index (Phi) is 4.58. The molecule has 0 amide bonds. The van der Waals surface area contributed by atoms with Crippen LogP contribution in [0.25, 0.3) is 0 Å². The minimum atomic E-state index is -0.357. The Hall–Kier alpha value is -0.940. The van der Waals surface area contributed by atoms with Crippen LogP contribution >= 0.6 is 0 Å². The Morgan fingerprint density at radius 1 is 1.47 bits per heavy atom. The molecule has 0 radical (unpaired) electrons. The van der Waals surface area contributed by atoms with Crippen molar-refractivity contribution in [3.05, 3.63) is 11.7 Å². The van der Waals surface area contributed by atoms with Gasteiger partial charge in [0.2, 0.25) is 11.7 Å². The first-order valence-corrected chi connectivity index (χ1v) is 7.23. The molecule has 1 saturated carbocycles. The van der Waals surface area contributed by atoms with Crippen LogP contribution in [0.3, 0.4) is 0 Å². The average molecular weight is 267 g/mol. The standard InChI is InChI=1S/C14H25N3O2/c1-4-11(15)9-12-16-13(17-19-12)14(18-3)7-5-10(2)6-8-14/h10-11H,4-9,15H2,1-3H3. The maximum absolute atomic E-state index is 5.92. The lowest BCUT2D eigenvalue weighted by molar-refractivity contribution is -0.0609. The molecular weight excluding hydrogens is 242 g/mol. The van der Waals surface area contributed by atoms with Crippen molar-refractivity contribution in [1.82, 2.24) is 10.1 Å². The number of nitrogens with two attached hydrogens (primary N) is 1. The third-order valence-electron chi connectivity index (χ3n) is 4.31. The minimum Gasteiger partial charge on any atom is -0.370 e. The zero-order valence-electron chi connectivity index (χ0n) is 12.2. The lowest BCUT2D eigenvalue weighted by atomic mass is 9.79. The van der Waals surface area contributed by atoms with E-state index in [9.17, 15) is 0 Å². The number of ether oxygens (including phenoxy) is 1. The van der Waals surface area contributed by atoms with Gasteiger partial charge in [0.25, 0.3) is 0 Å². The maximum Gasteiger partial charge on any atom is 0.228 e. The third-order valence-corrected chi connectivity index (χ3v) is 4.31. The van der Waals surface area contributed by atoms with Gasteiger partial charge >= 0.3 is 0 Å². The van der Waals surface area contributed by atoms with E-state index in [1.807, 2.05) is 0 Å². The molecule has 1 aliphatic rings. The van der Waals surface area contributed by atoms with Crippen LogP contribution in [-0.2, 0) is 16.8 Å². The van der Waals surface area contributed by atoms with Crippen molar-refractivity contribution >= 4 is 0 Å². The quantitative estimate of drug-likeness (QED) is 0.886. The smallest absolute Gasteiger partial charge is 0.228 e. The van der Waals surface area contributed by atoms with Gasteiger partial charge in [-0.1, -0.05) is 19.0 Å². The molecule has 5 heteroatoms. The van der Waals surface area contributed by atoms with Crippen LogP contribution in [0.1, 0.15) is 57.7 Å². The fourth-order valence-corrected chi connectivity index (χ4v) is 2.64. The number of aromatic nitrogens is 2. The van der Waals surface area contributed by atoms with E-state index in [1.165, 1.54) is 0 Å². The summed E-state index contributed by atoms with van der Waals surface area (Å²) < 4.78 is 11.1. The zero-order valence-corrected chi connectivity index (χ0v) is 12.2. The van der Waals surface area contributed by atoms with E-state index in [1.54, 1.807) is 7.11 Å². The van der Waals surface area contributed by atoms with Gasteiger partial charge in [0, 0.05) is 19.6 Å². The van der Waals surface area contributed by atoms with E-state index in [2.05, 4.69) is 24.0 Å². The Balaban J connectivity index is 2.11. The molecule has 0 bridgehead atoms. The molecule has 0 spiro atoms. The third kappa shape index (κ3) is 3.15. The fraction of sp³-hybridized carbons (Fsp3) is 0.857. The topological polar surface area (TPSA) is 74.2 Å². The van der Waals surface area contributed by atoms with Crippen LogP contribution in [0.5, 0.6) is 0 Å². The molecule has 5 nitrogen and oxygen atoms in total. The van der Waals surface area contributed by atoms with E-state index >= 15 is 0 Å². The Bertz CT molecular complexity index is 397. The largest absolute Gasteiger partial charge is 0.370 e. The van der Waals surface area contributed by atoms with Crippen molar-refractivity contribution in [2.45, 2.75) is 64.0 Å². The summed E-state index contributed by atoms with van der Waals surface area (Å²) in [5, 5.41) is 4.13. The van der Waals surface area contributed by atoms with Gasteiger partial charge in [-0.3, -0.25) is 0 Å². The molecule has 1 fully saturated rings. The van der Waals surface area contributed by atoms with Gasteiger partial charge in [-0.25, -0.2) is 0 Å². The van der Waals surface area contributed by atoms with E-state index in [0.29, 0.717) is 18.1 Å². The van der Waals surface area contributed by atoms with Crippen LogP contribution in [0.4, 0.5) is 0 Å². The average Bonchev–Trinajstić information content (AvgIpc) is 2.89. The normalized spacial score (nSPS) is 29.4. The number of hydrogen-bond acceptors (Lipinski definition) is 5. The molecule has 1 heterocycles. The zero-order chi connectivity index (χ0) is 13.9. The molecule has 0 aliphatic heterocycles. The Morgan fingerprint density at radius 2 is 2.16 bits per heavy atom. The Morgan fingerprint density at radius 3 is 2.74 bits per heavy atom.